The molecule has 0 fully saturated rings. The highest BCUT2D eigenvalue weighted by atomic mass is 32.1. The van der Waals surface area contributed by atoms with E-state index in [0.717, 1.165) is 56.1 Å². The third-order valence-corrected chi connectivity index (χ3v) is 16.9. The third-order valence-electron chi connectivity index (χ3n) is 14.4. The Morgan fingerprint density at radius 2 is 0.868 bits per heavy atom. The summed E-state index contributed by atoms with van der Waals surface area (Å²) in [5.41, 5.74) is 16.8. The number of fused-ring (bicyclic) bond motifs is 18. The number of rotatable bonds is 6. The van der Waals surface area contributed by atoms with Gasteiger partial charge in [-0.25, -0.2) is 0 Å². The standard InChI is InChI=1S/C63H38N2OS2/c1-3-17-39(18-4-1)64(41-33-35-55-49(37-41)44-22-8-12-30-54(44)66-55)53-29-16-26-48-59-47-24-10-14-32-57(47)68-62(59)63(61(48)53)51-27-11-7-21-43(51)46-25-15-28-52(60(46)63)65(40-19-5-2-6-20-40)42-34-36-58-50(38-42)45-23-9-13-31-56(45)67-58/h1-38H. The van der Waals surface area contributed by atoms with Crippen LogP contribution in [0.1, 0.15) is 21.6 Å². The van der Waals surface area contributed by atoms with Crippen LogP contribution >= 0.6 is 22.7 Å². The van der Waals surface area contributed by atoms with Crippen LogP contribution in [0.15, 0.2) is 235 Å². The van der Waals surface area contributed by atoms with E-state index < -0.39 is 5.41 Å². The van der Waals surface area contributed by atoms with E-state index in [4.69, 9.17) is 4.42 Å². The monoisotopic (exact) mass is 902 g/mol. The second-order valence-electron chi connectivity index (χ2n) is 17.9. The molecule has 68 heavy (non-hydrogen) atoms. The van der Waals surface area contributed by atoms with Gasteiger partial charge >= 0.3 is 0 Å². The van der Waals surface area contributed by atoms with E-state index >= 15 is 0 Å². The Morgan fingerprint density at radius 3 is 1.62 bits per heavy atom. The van der Waals surface area contributed by atoms with Gasteiger partial charge in [-0.15, -0.1) is 22.7 Å². The quantitative estimate of drug-likeness (QED) is 0.166. The van der Waals surface area contributed by atoms with Crippen molar-refractivity contribution in [3.8, 4) is 22.3 Å². The first-order valence-electron chi connectivity index (χ1n) is 23.2. The average molecular weight is 903 g/mol. The van der Waals surface area contributed by atoms with Crippen molar-refractivity contribution in [2.24, 2.45) is 0 Å². The summed E-state index contributed by atoms with van der Waals surface area (Å²) in [6, 6.07) is 85.1. The molecule has 0 aliphatic heterocycles. The van der Waals surface area contributed by atoms with Crippen LogP contribution in [0, 0.1) is 0 Å². The number of benzene rings is 10. The van der Waals surface area contributed by atoms with Crippen molar-refractivity contribution in [2.75, 3.05) is 9.80 Å². The van der Waals surface area contributed by atoms with Gasteiger partial charge in [-0.2, -0.15) is 0 Å². The molecule has 2 aliphatic carbocycles. The Hall–Kier alpha value is -8.22. The van der Waals surface area contributed by atoms with Gasteiger partial charge in [-0.3, -0.25) is 0 Å². The van der Waals surface area contributed by atoms with Crippen molar-refractivity contribution < 1.29 is 4.42 Å². The van der Waals surface area contributed by atoms with Gasteiger partial charge in [0.05, 0.1) is 16.8 Å². The highest BCUT2D eigenvalue weighted by molar-refractivity contribution is 7.25. The van der Waals surface area contributed by atoms with Crippen molar-refractivity contribution in [3.05, 3.63) is 252 Å². The first kappa shape index (κ1) is 37.9. The summed E-state index contributed by atoms with van der Waals surface area (Å²) in [4.78, 5) is 6.38. The zero-order valence-corrected chi connectivity index (χ0v) is 38.2. The van der Waals surface area contributed by atoms with Crippen LogP contribution in [0.3, 0.4) is 0 Å². The second-order valence-corrected chi connectivity index (χ2v) is 20.0. The van der Waals surface area contributed by atoms with Crippen LogP contribution in [0.4, 0.5) is 34.1 Å². The normalized spacial score (nSPS) is 14.5. The molecule has 3 nitrogen and oxygen atoms in total. The van der Waals surface area contributed by atoms with E-state index in [1.165, 1.54) is 74.1 Å². The van der Waals surface area contributed by atoms with Gasteiger partial charge in [-0.05, 0) is 113 Å². The summed E-state index contributed by atoms with van der Waals surface area (Å²) in [6.07, 6.45) is 0. The lowest BCUT2D eigenvalue weighted by molar-refractivity contribution is 0.669. The molecule has 10 aromatic carbocycles. The fraction of sp³-hybridized carbons (Fsp3) is 0.0159. The number of hydrogen-bond acceptors (Lipinski definition) is 5. The third kappa shape index (κ3) is 5.17. The number of hydrogen-bond donors (Lipinski definition) is 0. The molecule has 1 atom stereocenters. The molecule has 0 saturated heterocycles. The molecule has 13 aromatic rings. The van der Waals surface area contributed by atoms with Crippen molar-refractivity contribution in [2.45, 2.75) is 5.41 Å². The minimum absolute atomic E-state index is 0.709. The van der Waals surface area contributed by atoms with E-state index in [-0.39, 0.29) is 0 Å². The Kier molecular flexibility index (Phi) is 8.03. The molecule has 2 aliphatic rings. The van der Waals surface area contributed by atoms with Gasteiger partial charge in [0.2, 0.25) is 0 Å². The van der Waals surface area contributed by atoms with Gasteiger partial charge in [-0.1, -0.05) is 140 Å². The lowest BCUT2D eigenvalue weighted by Crippen LogP contribution is -2.29. The van der Waals surface area contributed by atoms with E-state index in [2.05, 4.69) is 234 Å². The summed E-state index contributed by atoms with van der Waals surface area (Å²) < 4.78 is 10.3. The zero-order valence-electron chi connectivity index (χ0n) is 36.6. The highest BCUT2D eigenvalue weighted by Gasteiger charge is 2.56. The topological polar surface area (TPSA) is 19.6 Å². The van der Waals surface area contributed by atoms with E-state index in [1.54, 1.807) is 0 Å². The molecule has 0 radical (unpaired) electrons. The van der Waals surface area contributed by atoms with Gasteiger partial charge in [0, 0.05) is 85.3 Å². The Balaban J connectivity index is 1.08. The number of nitrogens with zero attached hydrogens (tertiary/aromatic N) is 2. The number of para-hydroxylation sites is 3. The highest BCUT2D eigenvalue weighted by Crippen LogP contribution is 2.70. The summed E-state index contributed by atoms with van der Waals surface area (Å²) in [5, 5.41) is 6.06. The lowest BCUT2D eigenvalue weighted by atomic mass is 9.72. The average Bonchev–Trinajstić information content (AvgIpc) is 4.20. The molecular weight excluding hydrogens is 865 g/mol. The summed E-state index contributed by atoms with van der Waals surface area (Å²) >= 11 is 3.81. The van der Waals surface area contributed by atoms with Crippen LogP contribution in [0.25, 0.3) is 74.5 Å². The van der Waals surface area contributed by atoms with Crippen LogP contribution in [-0.4, -0.2) is 0 Å². The first-order chi connectivity index (χ1) is 33.7. The van der Waals surface area contributed by atoms with Crippen molar-refractivity contribution >= 4 is 109 Å². The molecule has 3 aromatic heterocycles. The fourth-order valence-electron chi connectivity index (χ4n) is 11.8. The van der Waals surface area contributed by atoms with Crippen LogP contribution < -0.4 is 9.80 Å². The SMILES string of the molecule is c1ccc(N(c2ccc3sc4ccccc4c3c2)c2cccc3c2C2(c4ccccc4-3)c3sc4ccccc4c3-c3cccc(N(c4ccccc4)c4ccc5oc6ccccc6c5c4)c32)cc1. The molecule has 318 valence electrons. The number of furan rings is 1. The fourth-order valence-corrected chi connectivity index (χ4v) is 14.3. The number of anilines is 6. The Morgan fingerprint density at radius 1 is 0.338 bits per heavy atom. The summed E-state index contributed by atoms with van der Waals surface area (Å²) in [7, 11) is 0. The molecule has 0 bridgehead atoms. The van der Waals surface area contributed by atoms with Crippen LogP contribution in [0.2, 0.25) is 0 Å². The van der Waals surface area contributed by atoms with Gasteiger partial charge in [0.15, 0.2) is 0 Å². The molecule has 1 spiro atoms. The summed E-state index contributed by atoms with van der Waals surface area (Å²) in [6.45, 7) is 0. The zero-order chi connectivity index (χ0) is 44.5. The van der Waals surface area contributed by atoms with Gasteiger partial charge < -0.3 is 14.2 Å². The minimum Gasteiger partial charge on any atom is -0.456 e. The smallest absolute Gasteiger partial charge is 0.135 e. The van der Waals surface area contributed by atoms with Crippen molar-refractivity contribution in [1.29, 1.82) is 0 Å². The molecule has 3 heterocycles. The first-order valence-corrected chi connectivity index (χ1v) is 24.8. The maximum atomic E-state index is 6.43. The maximum Gasteiger partial charge on any atom is 0.135 e. The molecule has 0 amide bonds. The van der Waals surface area contributed by atoms with Gasteiger partial charge in [0.1, 0.15) is 11.2 Å². The van der Waals surface area contributed by atoms with E-state index in [0.29, 0.717) is 0 Å². The molecule has 1 unspecified atom stereocenters. The lowest BCUT2D eigenvalue weighted by Gasteiger charge is -2.38. The predicted octanol–water partition coefficient (Wildman–Crippen LogP) is 18.5. The maximum absolute atomic E-state index is 6.43. The van der Waals surface area contributed by atoms with Gasteiger partial charge in [0.25, 0.3) is 0 Å². The van der Waals surface area contributed by atoms with Crippen molar-refractivity contribution in [1.82, 2.24) is 0 Å². The Bertz CT molecular complexity index is 4180. The largest absolute Gasteiger partial charge is 0.456 e. The molecular formula is C63H38N2OS2. The minimum atomic E-state index is -0.709. The number of thiophene rings is 2. The van der Waals surface area contributed by atoms with E-state index in [9.17, 15) is 0 Å². The van der Waals surface area contributed by atoms with Crippen LogP contribution in [0.5, 0.6) is 0 Å². The summed E-state index contributed by atoms with van der Waals surface area (Å²) in [5.74, 6) is 0. The van der Waals surface area contributed by atoms with Crippen LogP contribution in [-0.2, 0) is 5.41 Å². The predicted molar refractivity (Wildman–Crippen MR) is 288 cm³/mol. The second kappa shape index (κ2) is 14.4. The molecule has 0 saturated carbocycles. The molecule has 5 heteroatoms. The van der Waals surface area contributed by atoms with E-state index in [1.807, 2.05) is 28.7 Å². The molecule has 15 rings (SSSR count). The van der Waals surface area contributed by atoms with Crippen molar-refractivity contribution in [3.63, 3.8) is 0 Å². The Labute approximate surface area is 400 Å². The molecule has 0 N–H and O–H groups in total.